The molecule has 1 aromatic rings. The predicted octanol–water partition coefficient (Wildman–Crippen LogP) is 4.13. The summed E-state index contributed by atoms with van der Waals surface area (Å²) in [5.41, 5.74) is 1.27. The van der Waals surface area contributed by atoms with Crippen molar-refractivity contribution in [3.63, 3.8) is 0 Å². The third-order valence-corrected chi connectivity index (χ3v) is 3.47. The predicted molar refractivity (Wildman–Crippen MR) is 82.6 cm³/mol. The molecule has 0 saturated heterocycles. The van der Waals surface area contributed by atoms with E-state index in [0.717, 1.165) is 12.3 Å². The normalized spacial score (nSPS) is 14.6. The maximum atomic E-state index is 9.26. The number of phenolic OH excluding ortho intramolecular Hbond substituents is 1. The lowest BCUT2D eigenvalue weighted by atomic mass is 10.0. The highest BCUT2D eigenvalue weighted by Crippen LogP contribution is 2.12. The summed E-state index contributed by atoms with van der Waals surface area (Å²) in [6.07, 6.45) is 4.88. The minimum atomic E-state index is 0.339. The minimum absolute atomic E-state index is 0.339. The van der Waals surface area contributed by atoms with Crippen LogP contribution in [0.25, 0.3) is 0 Å². The van der Waals surface area contributed by atoms with E-state index in [4.69, 9.17) is 0 Å². The van der Waals surface area contributed by atoms with E-state index >= 15 is 0 Å². The highest BCUT2D eigenvalue weighted by Gasteiger charge is 2.08. The lowest BCUT2D eigenvalue weighted by molar-refractivity contribution is 0.416. The quantitative estimate of drug-likeness (QED) is 0.739. The fourth-order valence-corrected chi connectivity index (χ4v) is 2.45. The van der Waals surface area contributed by atoms with Gasteiger partial charge in [-0.2, -0.15) is 0 Å². The van der Waals surface area contributed by atoms with Crippen LogP contribution in [0.3, 0.4) is 0 Å². The molecule has 0 aliphatic heterocycles. The largest absolute Gasteiger partial charge is 0.508 e. The molecule has 0 amide bonds. The van der Waals surface area contributed by atoms with Crippen LogP contribution in [0.5, 0.6) is 5.75 Å². The van der Waals surface area contributed by atoms with Crippen molar-refractivity contribution in [2.75, 3.05) is 0 Å². The molecule has 0 bridgehead atoms. The Bertz CT molecular complexity index is 345. The van der Waals surface area contributed by atoms with Crippen LogP contribution < -0.4 is 5.32 Å². The van der Waals surface area contributed by atoms with Crippen LogP contribution in [0.2, 0.25) is 0 Å². The molecule has 0 aliphatic rings. The number of nitrogens with one attached hydrogen (secondary N) is 1. The summed E-state index contributed by atoms with van der Waals surface area (Å²) in [4.78, 5) is 0. The number of hydrogen-bond donors (Lipinski definition) is 2. The van der Waals surface area contributed by atoms with Gasteiger partial charge >= 0.3 is 0 Å². The molecule has 2 unspecified atom stereocenters. The first kappa shape index (κ1) is 16.0. The topological polar surface area (TPSA) is 32.3 Å². The van der Waals surface area contributed by atoms with Crippen LogP contribution in [0.1, 0.15) is 52.5 Å². The molecule has 108 valence electrons. The van der Waals surface area contributed by atoms with Crippen LogP contribution in [0, 0.1) is 5.92 Å². The van der Waals surface area contributed by atoms with Crippen LogP contribution in [-0.4, -0.2) is 17.2 Å². The summed E-state index contributed by atoms with van der Waals surface area (Å²) < 4.78 is 0. The summed E-state index contributed by atoms with van der Waals surface area (Å²) in [6.45, 7) is 9.07. The van der Waals surface area contributed by atoms with E-state index in [9.17, 15) is 5.11 Å². The minimum Gasteiger partial charge on any atom is -0.508 e. The van der Waals surface area contributed by atoms with Crippen molar-refractivity contribution in [3.8, 4) is 5.75 Å². The number of benzene rings is 1. The van der Waals surface area contributed by atoms with Gasteiger partial charge in [-0.05, 0) is 50.3 Å². The van der Waals surface area contributed by atoms with Gasteiger partial charge in [0.2, 0.25) is 0 Å². The molecule has 0 spiro atoms. The van der Waals surface area contributed by atoms with Crippen molar-refractivity contribution in [2.24, 2.45) is 5.92 Å². The second kappa shape index (κ2) is 8.21. The molecule has 19 heavy (non-hydrogen) atoms. The van der Waals surface area contributed by atoms with Gasteiger partial charge in [-0.25, -0.2) is 0 Å². The maximum absolute atomic E-state index is 9.26. The van der Waals surface area contributed by atoms with Gasteiger partial charge in [0.1, 0.15) is 5.75 Å². The van der Waals surface area contributed by atoms with Crippen molar-refractivity contribution in [3.05, 3.63) is 29.8 Å². The van der Waals surface area contributed by atoms with E-state index in [0.29, 0.717) is 17.8 Å². The highest BCUT2D eigenvalue weighted by atomic mass is 16.3. The van der Waals surface area contributed by atoms with E-state index in [1.807, 2.05) is 12.1 Å². The average Bonchev–Trinajstić information content (AvgIpc) is 2.31. The Morgan fingerprint density at radius 2 is 1.58 bits per heavy atom. The van der Waals surface area contributed by atoms with Gasteiger partial charge in [-0.15, -0.1) is 0 Å². The average molecular weight is 263 g/mol. The summed E-state index contributed by atoms with van der Waals surface area (Å²) in [6, 6.07) is 8.56. The number of rotatable bonds is 8. The maximum Gasteiger partial charge on any atom is 0.115 e. The van der Waals surface area contributed by atoms with E-state index in [-0.39, 0.29) is 0 Å². The molecule has 0 fully saturated rings. The molecular weight excluding hydrogens is 234 g/mol. The Balaban J connectivity index is 2.26. The van der Waals surface area contributed by atoms with Crippen LogP contribution >= 0.6 is 0 Å². The fraction of sp³-hybridized carbons (Fsp3) is 0.647. The summed E-state index contributed by atoms with van der Waals surface area (Å²) >= 11 is 0. The smallest absolute Gasteiger partial charge is 0.115 e. The molecule has 0 heterocycles. The lowest BCUT2D eigenvalue weighted by Gasteiger charge is -2.20. The molecule has 0 aromatic heterocycles. The molecule has 0 aliphatic carbocycles. The van der Waals surface area contributed by atoms with E-state index in [1.165, 1.54) is 24.8 Å². The second-order valence-corrected chi connectivity index (χ2v) is 6.16. The van der Waals surface area contributed by atoms with E-state index < -0.39 is 0 Å². The molecule has 2 nitrogen and oxygen atoms in total. The van der Waals surface area contributed by atoms with Crippen LogP contribution in [0.4, 0.5) is 0 Å². The van der Waals surface area contributed by atoms with Gasteiger partial charge in [0, 0.05) is 12.1 Å². The standard InChI is InChI=1S/C17H29NO/c1-13(2)6-5-7-14(3)18-15(4)12-16-8-10-17(19)11-9-16/h8-11,13-15,18-19H,5-7,12H2,1-4H3. The first-order valence-electron chi connectivity index (χ1n) is 7.51. The fourth-order valence-electron chi connectivity index (χ4n) is 2.45. The molecule has 0 radical (unpaired) electrons. The van der Waals surface area contributed by atoms with E-state index in [2.05, 4.69) is 33.0 Å². The first-order chi connectivity index (χ1) is 8.97. The summed E-state index contributed by atoms with van der Waals surface area (Å²) in [7, 11) is 0. The molecule has 1 aromatic carbocycles. The number of phenols is 1. The molecule has 1 rings (SSSR count). The number of hydrogen-bond acceptors (Lipinski definition) is 2. The zero-order valence-electron chi connectivity index (χ0n) is 12.8. The monoisotopic (exact) mass is 263 g/mol. The zero-order chi connectivity index (χ0) is 14.3. The molecule has 0 saturated carbocycles. The zero-order valence-corrected chi connectivity index (χ0v) is 12.8. The Kier molecular flexibility index (Phi) is 6.93. The van der Waals surface area contributed by atoms with E-state index in [1.54, 1.807) is 12.1 Å². The van der Waals surface area contributed by atoms with Crippen molar-refractivity contribution in [1.29, 1.82) is 0 Å². The summed E-state index contributed by atoms with van der Waals surface area (Å²) in [5, 5.41) is 12.9. The lowest BCUT2D eigenvalue weighted by Crippen LogP contribution is -2.35. The molecular formula is C17H29NO. The van der Waals surface area contributed by atoms with Gasteiger partial charge in [-0.1, -0.05) is 38.8 Å². The molecule has 2 N–H and O–H groups in total. The van der Waals surface area contributed by atoms with Crippen molar-refractivity contribution in [2.45, 2.75) is 65.5 Å². The Morgan fingerprint density at radius 1 is 0.947 bits per heavy atom. The third kappa shape index (κ3) is 7.22. The van der Waals surface area contributed by atoms with Crippen molar-refractivity contribution < 1.29 is 5.11 Å². The third-order valence-electron chi connectivity index (χ3n) is 3.47. The van der Waals surface area contributed by atoms with Crippen LogP contribution in [-0.2, 0) is 6.42 Å². The van der Waals surface area contributed by atoms with Gasteiger partial charge in [0.25, 0.3) is 0 Å². The molecule has 2 heteroatoms. The molecule has 2 atom stereocenters. The Hall–Kier alpha value is -1.02. The first-order valence-corrected chi connectivity index (χ1v) is 7.51. The van der Waals surface area contributed by atoms with Gasteiger partial charge in [0.05, 0.1) is 0 Å². The second-order valence-electron chi connectivity index (χ2n) is 6.16. The Labute approximate surface area is 118 Å². The SMILES string of the molecule is CC(C)CCCC(C)NC(C)Cc1ccc(O)cc1. The van der Waals surface area contributed by atoms with Gasteiger partial charge in [-0.3, -0.25) is 0 Å². The van der Waals surface area contributed by atoms with Crippen molar-refractivity contribution in [1.82, 2.24) is 5.32 Å². The summed E-state index contributed by atoms with van der Waals surface area (Å²) in [5.74, 6) is 1.15. The Morgan fingerprint density at radius 3 is 2.16 bits per heavy atom. The van der Waals surface area contributed by atoms with Crippen molar-refractivity contribution >= 4 is 0 Å². The van der Waals surface area contributed by atoms with Crippen LogP contribution in [0.15, 0.2) is 24.3 Å². The highest BCUT2D eigenvalue weighted by molar-refractivity contribution is 5.26. The van der Waals surface area contributed by atoms with Gasteiger partial charge < -0.3 is 10.4 Å². The number of aromatic hydroxyl groups is 1. The van der Waals surface area contributed by atoms with Gasteiger partial charge in [0.15, 0.2) is 0 Å².